The van der Waals surface area contributed by atoms with Crippen LogP contribution in [0, 0.1) is 17.3 Å². The Morgan fingerprint density at radius 1 is 1.26 bits per heavy atom. The zero-order chi connectivity index (χ0) is 16.8. The first-order valence-corrected chi connectivity index (χ1v) is 9.22. The third-order valence-electron chi connectivity index (χ3n) is 4.64. The molecule has 2 fully saturated rings. The van der Waals surface area contributed by atoms with Crippen LogP contribution in [0.2, 0.25) is 0 Å². The fourth-order valence-electron chi connectivity index (χ4n) is 3.57. The minimum atomic E-state index is -3.80. The van der Waals surface area contributed by atoms with Gasteiger partial charge in [-0.2, -0.15) is 0 Å². The zero-order valence-electron chi connectivity index (χ0n) is 12.2. The van der Waals surface area contributed by atoms with E-state index in [0.717, 1.165) is 0 Å². The predicted molar refractivity (Wildman–Crippen MR) is 79.3 cm³/mol. The molecule has 8 heteroatoms. The van der Waals surface area contributed by atoms with E-state index >= 15 is 0 Å². The van der Waals surface area contributed by atoms with Gasteiger partial charge in [-0.1, -0.05) is 30.3 Å². The number of rotatable bonds is 6. The maximum atomic E-state index is 12.6. The minimum absolute atomic E-state index is 0.141. The van der Waals surface area contributed by atoms with Gasteiger partial charge in [0, 0.05) is 18.2 Å². The number of carboxylic acids is 2. The SMILES string of the molecule is O=C(O)C1C2OCC(CP(=O)(O)Cc3ccccc3)(C(=O)O)C21. The van der Waals surface area contributed by atoms with Crippen LogP contribution >= 0.6 is 7.37 Å². The fraction of sp³-hybridized carbons (Fsp3) is 0.467. The van der Waals surface area contributed by atoms with Gasteiger partial charge >= 0.3 is 11.9 Å². The van der Waals surface area contributed by atoms with E-state index in [1.807, 2.05) is 0 Å². The Hall–Kier alpha value is -1.69. The molecule has 0 spiro atoms. The van der Waals surface area contributed by atoms with Crippen LogP contribution in [0.4, 0.5) is 0 Å². The topological polar surface area (TPSA) is 121 Å². The summed E-state index contributed by atoms with van der Waals surface area (Å²) in [5.74, 6) is -4.04. The van der Waals surface area contributed by atoms with E-state index in [1.54, 1.807) is 30.3 Å². The molecule has 0 bridgehead atoms. The molecule has 1 aliphatic carbocycles. The summed E-state index contributed by atoms with van der Waals surface area (Å²) >= 11 is 0. The lowest BCUT2D eigenvalue weighted by atomic mass is 9.85. The average Bonchev–Trinajstić information content (AvgIpc) is 3.09. The summed E-state index contributed by atoms with van der Waals surface area (Å²) in [6, 6.07) is 8.64. The van der Waals surface area contributed by atoms with Crippen LogP contribution in [0.1, 0.15) is 5.56 Å². The van der Waals surface area contributed by atoms with Crippen molar-refractivity contribution in [2.75, 3.05) is 12.8 Å². The molecule has 1 heterocycles. The number of benzene rings is 1. The van der Waals surface area contributed by atoms with E-state index in [0.29, 0.717) is 5.56 Å². The molecule has 3 rings (SSSR count). The molecular formula is C15H17O7P. The van der Waals surface area contributed by atoms with Gasteiger partial charge in [0.05, 0.1) is 18.6 Å². The molecule has 5 unspecified atom stereocenters. The number of hydrogen-bond donors (Lipinski definition) is 3. The normalized spacial score (nSPS) is 34.4. The Labute approximate surface area is 132 Å². The van der Waals surface area contributed by atoms with Gasteiger partial charge in [-0.05, 0) is 5.56 Å². The van der Waals surface area contributed by atoms with Crippen molar-refractivity contribution in [3.63, 3.8) is 0 Å². The van der Waals surface area contributed by atoms with Crippen LogP contribution in [0.5, 0.6) is 0 Å². The van der Waals surface area contributed by atoms with Crippen molar-refractivity contribution in [2.24, 2.45) is 17.3 Å². The predicted octanol–water partition coefficient (Wildman–Crippen LogP) is 1.26. The lowest BCUT2D eigenvalue weighted by Gasteiger charge is -2.28. The molecular weight excluding hydrogens is 323 g/mol. The zero-order valence-corrected chi connectivity index (χ0v) is 13.1. The largest absolute Gasteiger partial charge is 0.481 e. The third kappa shape index (κ3) is 2.80. The average molecular weight is 340 g/mol. The molecule has 2 aliphatic rings. The van der Waals surface area contributed by atoms with Crippen molar-refractivity contribution in [1.29, 1.82) is 0 Å². The molecule has 1 saturated heterocycles. The summed E-state index contributed by atoms with van der Waals surface area (Å²) in [7, 11) is -3.80. The van der Waals surface area contributed by atoms with E-state index in [1.165, 1.54) is 0 Å². The van der Waals surface area contributed by atoms with E-state index in [9.17, 15) is 24.2 Å². The number of ether oxygens (including phenoxy) is 1. The Morgan fingerprint density at radius 3 is 2.43 bits per heavy atom. The summed E-state index contributed by atoms with van der Waals surface area (Å²) in [4.78, 5) is 33.2. The van der Waals surface area contributed by atoms with E-state index in [2.05, 4.69) is 0 Å². The van der Waals surface area contributed by atoms with Crippen molar-refractivity contribution < 1.29 is 34.0 Å². The molecule has 0 amide bonds. The summed E-state index contributed by atoms with van der Waals surface area (Å²) < 4.78 is 17.9. The van der Waals surface area contributed by atoms with E-state index in [-0.39, 0.29) is 12.8 Å². The molecule has 23 heavy (non-hydrogen) atoms. The molecule has 0 aromatic heterocycles. The highest BCUT2D eigenvalue weighted by Gasteiger charge is 2.74. The molecule has 3 N–H and O–H groups in total. The molecule has 124 valence electrons. The van der Waals surface area contributed by atoms with Gasteiger partial charge in [-0.3, -0.25) is 14.2 Å². The van der Waals surface area contributed by atoms with Crippen molar-refractivity contribution in [3.05, 3.63) is 35.9 Å². The van der Waals surface area contributed by atoms with Crippen LogP contribution in [-0.2, 0) is 25.1 Å². The lowest BCUT2D eigenvalue weighted by molar-refractivity contribution is -0.151. The smallest absolute Gasteiger partial charge is 0.312 e. The number of hydrogen-bond acceptors (Lipinski definition) is 4. The highest BCUT2D eigenvalue weighted by atomic mass is 31.2. The second kappa shape index (κ2) is 5.44. The molecule has 1 aromatic carbocycles. The summed E-state index contributed by atoms with van der Waals surface area (Å²) in [5.41, 5.74) is -0.966. The van der Waals surface area contributed by atoms with Gasteiger partial charge in [-0.25, -0.2) is 0 Å². The lowest BCUT2D eigenvalue weighted by Crippen LogP contribution is -2.40. The number of aliphatic carboxylic acids is 2. The first-order chi connectivity index (χ1) is 10.8. The van der Waals surface area contributed by atoms with Gasteiger partial charge in [0.15, 0.2) is 0 Å². The second-order valence-electron chi connectivity index (χ2n) is 6.27. The quantitative estimate of drug-likeness (QED) is 0.667. The number of carbonyl (C=O) groups is 2. The van der Waals surface area contributed by atoms with Crippen LogP contribution in [0.25, 0.3) is 0 Å². The fourth-order valence-corrected chi connectivity index (χ4v) is 5.78. The van der Waals surface area contributed by atoms with Gasteiger partial charge in [0.1, 0.15) is 5.41 Å². The van der Waals surface area contributed by atoms with Crippen LogP contribution in [-0.4, -0.2) is 45.9 Å². The highest BCUT2D eigenvalue weighted by Crippen LogP contribution is 2.64. The van der Waals surface area contributed by atoms with Gasteiger partial charge in [0.2, 0.25) is 7.37 Å². The van der Waals surface area contributed by atoms with Crippen LogP contribution < -0.4 is 0 Å². The number of fused-ring (bicyclic) bond motifs is 1. The van der Waals surface area contributed by atoms with E-state index in [4.69, 9.17) is 9.84 Å². The van der Waals surface area contributed by atoms with Crippen molar-refractivity contribution in [2.45, 2.75) is 12.3 Å². The molecule has 7 nitrogen and oxygen atoms in total. The summed E-state index contributed by atoms with van der Waals surface area (Å²) in [6.07, 6.45) is -1.28. The van der Waals surface area contributed by atoms with Crippen molar-refractivity contribution in [3.8, 4) is 0 Å². The van der Waals surface area contributed by atoms with Gasteiger partial charge in [-0.15, -0.1) is 0 Å². The van der Waals surface area contributed by atoms with E-state index < -0.39 is 48.8 Å². The maximum Gasteiger partial charge on any atom is 0.312 e. The Morgan fingerprint density at radius 2 is 1.91 bits per heavy atom. The minimum Gasteiger partial charge on any atom is -0.481 e. The first-order valence-electron chi connectivity index (χ1n) is 7.19. The second-order valence-corrected chi connectivity index (χ2v) is 8.60. The van der Waals surface area contributed by atoms with Crippen molar-refractivity contribution >= 4 is 19.3 Å². The molecule has 1 aromatic rings. The molecule has 5 atom stereocenters. The number of carboxylic acid groups (broad SMARTS) is 2. The van der Waals surface area contributed by atoms with Gasteiger partial charge < -0.3 is 19.8 Å². The highest BCUT2D eigenvalue weighted by molar-refractivity contribution is 7.57. The summed E-state index contributed by atoms with van der Waals surface area (Å²) in [5, 5.41) is 18.7. The Kier molecular flexibility index (Phi) is 3.83. The Balaban J connectivity index is 1.82. The van der Waals surface area contributed by atoms with Crippen LogP contribution in [0.3, 0.4) is 0 Å². The Bertz CT molecular complexity index is 688. The summed E-state index contributed by atoms with van der Waals surface area (Å²) in [6.45, 7) is -0.221. The monoisotopic (exact) mass is 340 g/mol. The van der Waals surface area contributed by atoms with Crippen molar-refractivity contribution in [1.82, 2.24) is 0 Å². The van der Waals surface area contributed by atoms with Gasteiger partial charge in [0.25, 0.3) is 0 Å². The standard InChI is InChI=1S/C15H17O7P/c16-13(17)10-11-12(10)22-7-15(11,14(18)19)8-23(20,21)6-9-4-2-1-3-5-9/h1-5,10-12H,6-8H2,(H,16,17)(H,18,19)(H,20,21). The molecule has 0 radical (unpaired) electrons. The first kappa shape index (κ1) is 16.2. The third-order valence-corrected chi connectivity index (χ3v) is 6.56. The van der Waals surface area contributed by atoms with Crippen LogP contribution in [0.15, 0.2) is 30.3 Å². The molecule has 1 aliphatic heterocycles. The molecule has 1 saturated carbocycles. The maximum absolute atomic E-state index is 12.6.